The van der Waals surface area contributed by atoms with Gasteiger partial charge in [0.1, 0.15) is 0 Å². The van der Waals surface area contributed by atoms with E-state index in [4.69, 9.17) is 5.73 Å². The Morgan fingerprint density at radius 3 is 2.78 bits per heavy atom. The zero-order chi connectivity index (χ0) is 7.28. The number of hydroxylamine groups is 3. The third-order valence-corrected chi connectivity index (χ3v) is 0.590. The third-order valence-electron chi connectivity index (χ3n) is 0.590. The van der Waals surface area contributed by atoms with Crippen molar-refractivity contribution in [3.8, 4) is 0 Å². The van der Waals surface area contributed by atoms with Crippen molar-refractivity contribution in [2.24, 2.45) is 10.7 Å². The van der Waals surface area contributed by atoms with E-state index >= 15 is 0 Å². The molecule has 0 radical (unpaired) electrons. The molecule has 9 heavy (non-hydrogen) atoms. The second-order valence-corrected chi connectivity index (χ2v) is 1.13. The standard InChI is InChI=1S/C3H9N4O2/c1-5-3(4)7(8)9-6-2/h6H,1-2H3,(H2,4,5)/q-1. The van der Waals surface area contributed by atoms with Gasteiger partial charge in [0, 0.05) is 14.1 Å². The van der Waals surface area contributed by atoms with Crippen LogP contribution in [0.3, 0.4) is 0 Å². The topological polar surface area (TPSA) is 85.9 Å². The second kappa shape index (κ2) is 4.07. The Kier molecular flexibility index (Phi) is 3.69. The van der Waals surface area contributed by atoms with Crippen LogP contribution in [0.2, 0.25) is 0 Å². The summed E-state index contributed by atoms with van der Waals surface area (Å²) in [5, 5.41) is 10.4. The van der Waals surface area contributed by atoms with Crippen LogP contribution >= 0.6 is 0 Å². The predicted molar refractivity (Wildman–Crippen MR) is 32.9 cm³/mol. The molecule has 0 aromatic heterocycles. The van der Waals surface area contributed by atoms with Gasteiger partial charge in [-0.3, -0.25) is 10.2 Å². The largest absolute Gasteiger partial charge is 0.730 e. The van der Waals surface area contributed by atoms with Crippen molar-refractivity contribution in [3.05, 3.63) is 5.21 Å². The lowest BCUT2D eigenvalue weighted by Gasteiger charge is -2.25. The fourth-order valence-electron chi connectivity index (χ4n) is 0.211. The SMILES string of the molecule is CN=C(N)N([O-])ONC. The molecule has 0 heterocycles. The molecule has 0 aliphatic carbocycles. The first-order valence-corrected chi connectivity index (χ1v) is 2.25. The van der Waals surface area contributed by atoms with Crippen molar-refractivity contribution in [1.29, 1.82) is 0 Å². The van der Waals surface area contributed by atoms with Gasteiger partial charge in [0.05, 0.1) is 0 Å². The normalized spacial score (nSPS) is 11.7. The highest BCUT2D eigenvalue weighted by molar-refractivity contribution is 5.77. The molecule has 0 saturated carbocycles. The fraction of sp³-hybridized carbons (Fsp3) is 0.667. The molecular formula is C3H9N4O2-. The minimum absolute atomic E-state index is 0.0694. The van der Waals surface area contributed by atoms with E-state index in [1.807, 2.05) is 0 Å². The Morgan fingerprint density at radius 2 is 2.44 bits per heavy atom. The summed E-state index contributed by atoms with van der Waals surface area (Å²) in [7, 11) is 2.83. The Balaban J connectivity index is 3.59. The summed E-state index contributed by atoms with van der Waals surface area (Å²) in [6.45, 7) is 0. The molecule has 0 aliphatic rings. The van der Waals surface area contributed by atoms with Gasteiger partial charge in [-0.25, -0.2) is 0 Å². The van der Waals surface area contributed by atoms with Crippen LogP contribution in [0.4, 0.5) is 0 Å². The zero-order valence-corrected chi connectivity index (χ0v) is 5.29. The average molecular weight is 133 g/mol. The van der Waals surface area contributed by atoms with Crippen LogP contribution in [0, 0.1) is 5.21 Å². The highest BCUT2D eigenvalue weighted by Gasteiger charge is 1.89. The summed E-state index contributed by atoms with van der Waals surface area (Å²) in [6, 6.07) is 0. The van der Waals surface area contributed by atoms with E-state index in [0.717, 1.165) is 0 Å². The number of aliphatic imine (C=N–C) groups is 1. The number of nitrogens with two attached hydrogens (primary N) is 1. The van der Waals surface area contributed by atoms with E-state index in [1.54, 1.807) is 0 Å². The molecule has 0 fully saturated rings. The van der Waals surface area contributed by atoms with Crippen LogP contribution in [0.5, 0.6) is 0 Å². The van der Waals surface area contributed by atoms with Gasteiger partial charge in [-0.15, -0.1) is 0 Å². The van der Waals surface area contributed by atoms with Gasteiger partial charge < -0.3 is 10.9 Å². The Morgan fingerprint density at radius 1 is 1.89 bits per heavy atom. The van der Waals surface area contributed by atoms with E-state index < -0.39 is 0 Å². The lowest BCUT2D eigenvalue weighted by atomic mass is 11.0. The third kappa shape index (κ3) is 2.85. The maximum atomic E-state index is 10.4. The second-order valence-electron chi connectivity index (χ2n) is 1.13. The zero-order valence-electron chi connectivity index (χ0n) is 5.29. The Hall–Kier alpha value is -0.850. The van der Waals surface area contributed by atoms with Crippen molar-refractivity contribution >= 4 is 5.96 Å². The smallest absolute Gasteiger partial charge is 0.206 e. The summed E-state index contributed by atoms with van der Waals surface area (Å²) >= 11 is 0. The molecular weight excluding hydrogens is 124 g/mol. The molecule has 6 heteroatoms. The first-order chi connectivity index (χ1) is 4.22. The first kappa shape index (κ1) is 8.15. The van der Waals surface area contributed by atoms with Gasteiger partial charge in [0.15, 0.2) is 0 Å². The Bertz CT molecular complexity index is 104. The highest BCUT2D eigenvalue weighted by Crippen LogP contribution is 1.79. The average Bonchev–Trinajstić information content (AvgIpc) is 1.87. The van der Waals surface area contributed by atoms with E-state index in [9.17, 15) is 5.21 Å². The van der Waals surface area contributed by atoms with Crippen LogP contribution in [0.25, 0.3) is 0 Å². The molecule has 0 aliphatic heterocycles. The molecule has 54 valence electrons. The monoisotopic (exact) mass is 133 g/mol. The summed E-state index contributed by atoms with van der Waals surface area (Å²) in [5.74, 6) is -0.232. The van der Waals surface area contributed by atoms with Crippen molar-refractivity contribution in [2.45, 2.75) is 0 Å². The van der Waals surface area contributed by atoms with Crippen molar-refractivity contribution < 1.29 is 4.94 Å². The molecule has 0 aromatic rings. The maximum Gasteiger partial charge on any atom is 0.206 e. The molecule has 0 atom stereocenters. The molecule has 0 amide bonds. The fourth-order valence-corrected chi connectivity index (χ4v) is 0.211. The molecule has 0 saturated heterocycles. The van der Waals surface area contributed by atoms with Gasteiger partial charge >= 0.3 is 0 Å². The number of hydrogen-bond donors (Lipinski definition) is 2. The minimum Gasteiger partial charge on any atom is -0.730 e. The number of hydrogen-bond acceptors (Lipinski definition) is 4. The highest BCUT2D eigenvalue weighted by atomic mass is 17.0. The lowest BCUT2D eigenvalue weighted by Crippen LogP contribution is -2.35. The minimum atomic E-state index is -0.232. The number of guanidine groups is 1. The van der Waals surface area contributed by atoms with Crippen molar-refractivity contribution in [2.75, 3.05) is 14.1 Å². The molecule has 0 unspecified atom stereocenters. The van der Waals surface area contributed by atoms with E-state index in [1.165, 1.54) is 14.1 Å². The van der Waals surface area contributed by atoms with Crippen LogP contribution in [-0.4, -0.2) is 25.3 Å². The summed E-state index contributed by atoms with van der Waals surface area (Å²) in [5.41, 5.74) is 7.14. The van der Waals surface area contributed by atoms with E-state index in [2.05, 4.69) is 15.4 Å². The van der Waals surface area contributed by atoms with Gasteiger partial charge in [0.2, 0.25) is 5.96 Å². The van der Waals surface area contributed by atoms with Gasteiger partial charge in [-0.05, 0) is 0 Å². The lowest BCUT2D eigenvalue weighted by molar-refractivity contribution is -0.119. The summed E-state index contributed by atoms with van der Waals surface area (Å²) in [6.07, 6.45) is 0. The predicted octanol–water partition coefficient (Wildman–Crippen LogP) is -1.20. The maximum absolute atomic E-state index is 10.4. The van der Waals surface area contributed by atoms with Gasteiger partial charge in [0.25, 0.3) is 0 Å². The molecule has 0 rings (SSSR count). The van der Waals surface area contributed by atoms with Crippen LogP contribution in [0.1, 0.15) is 0 Å². The summed E-state index contributed by atoms with van der Waals surface area (Å²) in [4.78, 5) is 7.52. The van der Waals surface area contributed by atoms with Gasteiger partial charge in [-0.2, -0.15) is 10.4 Å². The number of nitrogens with zero attached hydrogens (tertiary/aromatic N) is 2. The molecule has 6 nitrogen and oxygen atoms in total. The van der Waals surface area contributed by atoms with E-state index in [0.29, 0.717) is 0 Å². The van der Waals surface area contributed by atoms with Crippen molar-refractivity contribution in [3.63, 3.8) is 0 Å². The van der Waals surface area contributed by atoms with Crippen LogP contribution < -0.4 is 11.2 Å². The van der Waals surface area contributed by atoms with E-state index in [-0.39, 0.29) is 11.2 Å². The van der Waals surface area contributed by atoms with Crippen molar-refractivity contribution in [1.82, 2.24) is 10.7 Å². The molecule has 0 bridgehead atoms. The first-order valence-electron chi connectivity index (χ1n) is 2.25. The molecule has 0 aromatic carbocycles. The Labute approximate surface area is 52.8 Å². The quantitative estimate of drug-likeness (QED) is 0.280. The number of nitrogens with one attached hydrogen (secondary N) is 1. The summed E-state index contributed by atoms with van der Waals surface area (Å²) < 4.78 is 0. The van der Waals surface area contributed by atoms with Gasteiger partial charge in [-0.1, -0.05) is 0 Å². The number of rotatable bonds is 2. The van der Waals surface area contributed by atoms with Crippen LogP contribution in [0.15, 0.2) is 4.99 Å². The molecule has 0 spiro atoms. The van der Waals surface area contributed by atoms with Crippen LogP contribution in [-0.2, 0) is 4.94 Å². The molecule has 3 N–H and O–H groups in total.